The van der Waals surface area contributed by atoms with Crippen LogP contribution in [0.3, 0.4) is 0 Å². The van der Waals surface area contributed by atoms with Gasteiger partial charge in [0.2, 0.25) is 0 Å². The van der Waals surface area contributed by atoms with Crippen LogP contribution in [0.25, 0.3) is 21.8 Å². The number of benzene rings is 1. The minimum Gasteiger partial charge on any atom is -0.263 e. The van der Waals surface area contributed by atoms with Gasteiger partial charge in [-0.3, -0.25) is 4.98 Å². The highest BCUT2D eigenvalue weighted by atomic mass is 79.9. The van der Waals surface area contributed by atoms with Gasteiger partial charge in [0.05, 0.1) is 5.69 Å². The molecule has 0 aliphatic carbocycles. The quantitative estimate of drug-likeness (QED) is 0.580. The van der Waals surface area contributed by atoms with Crippen molar-refractivity contribution >= 4 is 43.2 Å². The summed E-state index contributed by atoms with van der Waals surface area (Å²) in [5, 5.41) is 3.04. The number of thiazole rings is 1. The molecule has 0 aliphatic rings. The van der Waals surface area contributed by atoms with Crippen LogP contribution in [0.5, 0.6) is 0 Å². The van der Waals surface area contributed by atoms with Crippen LogP contribution < -0.4 is 0 Å². The van der Waals surface area contributed by atoms with Crippen LogP contribution >= 0.6 is 43.2 Å². The van der Waals surface area contributed by atoms with Crippen molar-refractivity contribution in [1.29, 1.82) is 0 Å². The van der Waals surface area contributed by atoms with E-state index in [1.165, 1.54) is 0 Å². The van der Waals surface area contributed by atoms with Gasteiger partial charge in [-0.25, -0.2) is 4.98 Å². The Balaban J connectivity index is 2.00. The van der Waals surface area contributed by atoms with Gasteiger partial charge in [-0.1, -0.05) is 28.1 Å². The van der Waals surface area contributed by atoms with E-state index in [2.05, 4.69) is 59.3 Å². The van der Waals surface area contributed by atoms with Crippen molar-refractivity contribution in [2.75, 3.05) is 0 Å². The van der Waals surface area contributed by atoms with E-state index < -0.39 is 0 Å². The number of hydrogen-bond acceptors (Lipinski definition) is 3. The van der Waals surface area contributed by atoms with Crippen LogP contribution in [0.4, 0.5) is 0 Å². The fourth-order valence-corrected chi connectivity index (χ4v) is 3.29. The zero-order valence-electron chi connectivity index (χ0n) is 9.68. The molecule has 0 atom stereocenters. The van der Waals surface area contributed by atoms with Gasteiger partial charge in [0.1, 0.15) is 5.01 Å². The van der Waals surface area contributed by atoms with Crippen LogP contribution in [0.2, 0.25) is 0 Å². The lowest BCUT2D eigenvalue weighted by Crippen LogP contribution is -1.81. The molecule has 2 nitrogen and oxygen atoms in total. The molecule has 0 radical (unpaired) electrons. The first-order valence-electron chi connectivity index (χ1n) is 5.55. The Morgan fingerprint density at radius 1 is 0.947 bits per heavy atom. The van der Waals surface area contributed by atoms with Gasteiger partial charge < -0.3 is 0 Å². The van der Waals surface area contributed by atoms with E-state index in [1.807, 2.05) is 24.4 Å². The summed E-state index contributed by atoms with van der Waals surface area (Å²) >= 11 is 8.53. The Hall–Kier alpha value is -1.04. The zero-order chi connectivity index (χ0) is 13.2. The second kappa shape index (κ2) is 5.53. The van der Waals surface area contributed by atoms with Crippen molar-refractivity contribution in [3.05, 3.63) is 57.1 Å². The van der Waals surface area contributed by atoms with E-state index >= 15 is 0 Å². The number of aromatic nitrogens is 2. The summed E-state index contributed by atoms with van der Waals surface area (Å²) in [6, 6.07) is 10.2. The Labute approximate surface area is 131 Å². The van der Waals surface area contributed by atoms with Gasteiger partial charge in [0.15, 0.2) is 0 Å². The largest absolute Gasteiger partial charge is 0.263 e. The summed E-state index contributed by atoms with van der Waals surface area (Å²) in [7, 11) is 0. The van der Waals surface area contributed by atoms with Crippen molar-refractivity contribution in [1.82, 2.24) is 9.97 Å². The molecule has 0 amide bonds. The summed E-state index contributed by atoms with van der Waals surface area (Å²) in [5.74, 6) is 0. The Bertz CT molecular complexity index is 665. The van der Waals surface area contributed by atoms with E-state index in [9.17, 15) is 0 Å². The van der Waals surface area contributed by atoms with Crippen molar-refractivity contribution in [3.8, 4) is 21.8 Å². The first kappa shape index (κ1) is 13.0. The minimum absolute atomic E-state index is 0.962. The molecule has 2 heterocycles. The smallest absolute Gasteiger partial charge is 0.125 e. The summed E-state index contributed by atoms with van der Waals surface area (Å²) < 4.78 is 2.02. The zero-order valence-corrected chi connectivity index (χ0v) is 13.7. The van der Waals surface area contributed by atoms with Gasteiger partial charge in [-0.15, -0.1) is 11.3 Å². The molecule has 3 aromatic rings. The number of rotatable bonds is 2. The van der Waals surface area contributed by atoms with Crippen molar-refractivity contribution in [3.63, 3.8) is 0 Å². The molecule has 1 aromatic carbocycles. The molecule has 0 unspecified atom stereocenters. The molecule has 0 N–H and O–H groups in total. The summed E-state index contributed by atoms with van der Waals surface area (Å²) in [6.07, 6.45) is 3.60. The van der Waals surface area contributed by atoms with Crippen LogP contribution in [0.1, 0.15) is 0 Å². The maximum atomic E-state index is 4.67. The maximum Gasteiger partial charge on any atom is 0.125 e. The molecule has 2 aromatic heterocycles. The maximum absolute atomic E-state index is 4.67. The van der Waals surface area contributed by atoms with E-state index in [0.29, 0.717) is 0 Å². The third-order valence-electron chi connectivity index (χ3n) is 2.58. The molecule has 0 aliphatic heterocycles. The molecule has 3 rings (SSSR count). The van der Waals surface area contributed by atoms with Gasteiger partial charge in [0.25, 0.3) is 0 Å². The first-order chi connectivity index (χ1) is 9.22. The van der Waals surface area contributed by atoms with E-state index in [1.54, 1.807) is 17.5 Å². The number of halogens is 2. The fourth-order valence-electron chi connectivity index (χ4n) is 1.72. The van der Waals surface area contributed by atoms with E-state index in [-0.39, 0.29) is 0 Å². The highest BCUT2D eigenvalue weighted by Gasteiger charge is 2.07. The molecule has 0 saturated heterocycles. The van der Waals surface area contributed by atoms with Gasteiger partial charge in [-0.2, -0.15) is 0 Å². The van der Waals surface area contributed by atoms with Crippen LogP contribution in [0.15, 0.2) is 57.1 Å². The molecule has 19 heavy (non-hydrogen) atoms. The fraction of sp³-hybridized carbons (Fsp3) is 0. The van der Waals surface area contributed by atoms with Crippen LogP contribution in [0, 0.1) is 0 Å². The first-order valence-corrected chi connectivity index (χ1v) is 8.01. The highest BCUT2D eigenvalue weighted by Crippen LogP contribution is 2.30. The van der Waals surface area contributed by atoms with Crippen molar-refractivity contribution in [2.24, 2.45) is 0 Å². The standard InChI is InChI=1S/C14H8Br2N2S/c15-11-3-1-2-9(4-11)13-8-19-14(18-13)10-5-12(16)7-17-6-10/h1-8H. The molecule has 0 spiro atoms. The SMILES string of the molecule is Brc1cccc(-c2csc(-c3cncc(Br)c3)n2)c1. The third-order valence-corrected chi connectivity index (χ3v) is 4.39. The lowest BCUT2D eigenvalue weighted by Gasteiger charge is -1.98. The summed E-state index contributed by atoms with van der Waals surface area (Å²) in [4.78, 5) is 8.84. The monoisotopic (exact) mass is 394 g/mol. The Morgan fingerprint density at radius 3 is 2.58 bits per heavy atom. The summed E-state index contributed by atoms with van der Waals surface area (Å²) in [5.41, 5.74) is 3.13. The van der Waals surface area contributed by atoms with E-state index in [0.717, 1.165) is 30.8 Å². The number of pyridine rings is 1. The van der Waals surface area contributed by atoms with E-state index in [4.69, 9.17) is 0 Å². The topological polar surface area (TPSA) is 25.8 Å². The number of nitrogens with zero attached hydrogens (tertiary/aromatic N) is 2. The molecule has 0 saturated carbocycles. The average molecular weight is 396 g/mol. The van der Waals surface area contributed by atoms with Crippen molar-refractivity contribution in [2.45, 2.75) is 0 Å². The predicted molar refractivity (Wildman–Crippen MR) is 86.2 cm³/mol. The molecule has 94 valence electrons. The molecular formula is C14H8Br2N2S. The Kier molecular flexibility index (Phi) is 3.77. The van der Waals surface area contributed by atoms with Gasteiger partial charge in [0, 0.05) is 37.8 Å². The highest BCUT2D eigenvalue weighted by molar-refractivity contribution is 9.10. The Morgan fingerprint density at radius 2 is 1.79 bits per heavy atom. The number of hydrogen-bond donors (Lipinski definition) is 0. The normalized spacial score (nSPS) is 10.6. The van der Waals surface area contributed by atoms with Gasteiger partial charge >= 0.3 is 0 Å². The van der Waals surface area contributed by atoms with Crippen LogP contribution in [-0.2, 0) is 0 Å². The average Bonchev–Trinajstić information content (AvgIpc) is 2.88. The molecule has 5 heteroatoms. The summed E-state index contributed by atoms with van der Waals surface area (Å²) in [6.45, 7) is 0. The molecular weight excluding hydrogens is 388 g/mol. The molecule has 0 bridgehead atoms. The third kappa shape index (κ3) is 2.94. The minimum atomic E-state index is 0.962. The second-order valence-electron chi connectivity index (χ2n) is 3.94. The molecule has 0 fully saturated rings. The lowest BCUT2D eigenvalue weighted by atomic mass is 10.2. The second-order valence-corrected chi connectivity index (χ2v) is 6.63. The van der Waals surface area contributed by atoms with Gasteiger partial charge in [-0.05, 0) is 34.1 Å². The van der Waals surface area contributed by atoms with Crippen molar-refractivity contribution < 1.29 is 0 Å². The predicted octanol–water partition coefficient (Wildman–Crippen LogP) is 5.40. The lowest BCUT2D eigenvalue weighted by molar-refractivity contribution is 1.30. The van der Waals surface area contributed by atoms with Crippen LogP contribution in [-0.4, -0.2) is 9.97 Å².